The minimum absolute atomic E-state index is 0.116. The summed E-state index contributed by atoms with van der Waals surface area (Å²) in [5.74, 6) is 0. The van der Waals surface area contributed by atoms with Gasteiger partial charge in [0.25, 0.3) is 5.56 Å². The molecule has 0 radical (unpaired) electrons. The summed E-state index contributed by atoms with van der Waals surface area (Å²) in [5, 5.41) is 3.93. The van der Waals surface area contributed by atoms with Crippen LogP contribution in [0.5, 0.6) is 0 Å². The van der Waals surface area contributed by atoms with Crippen molar-refractivity contribution >= 4 is 16.3 Å². The highest BCUT2D eigenvalue weighted by atomic mass is 32.1. The highest BCUT2D eigenvalue weighted by Gasteiger charge is 2.19. The van der Waals surface area contributed by atoms with E-state index in [0.717, 1.165) is 25.2 Å². The Morgan fingerprint density at radius 1 is 1.59 bits per heavy atom. The van der Waals surface area contributed by atoms with Gasteiger partial charge in [-0.1, -0.05) is 11.3 Å². The zero-order valence-corrected chi connectivity index (χ0v) is 10.1. The molecule has 0 aromatic carbocycles. The lowest BCUT2D eigenvalue weighted by Crippen LogP contribution is -2.27. The van der Waals surface area contributed by atoms with Gasteiger partial charge in [-0.15, -0.1) is 0 Å². The molecule has 1 aliphatic rings. The van der Waals surface area contributed by atoms with Gasteiger partial charge in [0.1, 0.15) is 5.51 Å². The van der Waals surface area contributed by atoms with Crippen molar-refractivity contribution in [3.63, 3.8) is 0 Å². The van der Waals surface area contributed by atoms with Crippen LogP contribution in [0.4, 0.5) is 0 Å². The van der Waals surface area contributed by atoms with Gasteiger partial charge in [0, 0.05) is 31.7 Å². The molecule has 6 nitrogen and oxygen atoms in total. The lowest BCUT2D eigenvalue weighted by atomic mass is 10.3. The van der Waals surface area contributed by atoms with Gasteiger partial charge in [0.2, 0.25) is 4.96 Å². The van der Waals surface area contributed by atoms with Crippen molar-refractivity contribution in [3.05, 3.63) is 27.6 Å². The van der Waals surface area contributed by atoms with Crippen LogP contribution in [0.2, 0.25) is 0 Å². The van der Waals surface area contributed by atoms with E-state index in [1.165, 1.54) is 15.9 Å². The van der Waals surface area contributed by atoms with Crippen LogP contribution in [0, 0.1) is 0 Å². The van der Waals surface area contributed by atoms with E-state index in [1.807, 2.05) is 0 Å². The van der Waals surface area contributed by atoms with Crippen molar-refractivity contribution in [1.29, 1.82) is 0 Å². The van der Waals surface area contributed by atoms with Crippen LogP contribution >= 0.6 is 11.3 Å². The van der Waals surface area contributed by atoms with Gasteiger partial charge in [-0.25, -0.2) is 4.98 Å². The molecule has 2 aromatic rings. The molecule has 3 rings (SSSR count). The molecule has 2 aromatic heterocycles. The Morgan fingerprint density at radius 2 is 2.47 bits per heavy atom. The normalized spacial score (nSPS) is 21.4. The second-order valence-corrected chi connectivity index (χ2v) is 5.11. The van der Waals surface area contributed by atoms with Gasteiger partial charge in [-0.05, 0) is 6.42 Å². The van der Waals surface area contributed by atoms with E-state index in [-0.39, 0.29) is 11.6 Å². The molecule has 1 fully saturated rings. The minimum atomic E-state index is -0.116. The van der Waals surface area contributed by atoms with E-state index in [0.29, 0.717) is 11.5 Å². The Hall–Kier alpha value is -1.31. The average molecular weight is 251 g/mol. The summed E-state index contributed by atoms with van der Waals surface area (Å²) in [5.41, 5.74) is 8.15. The molecule has 0 aliphatic carbocycles. The van der Waals surface area contributed by atoms with Crippen molar-refractivity contribution in [2.75, 3.05) is 13.1 Å². The fraction of sp³-hybridized carbons (Fsp3) is 0.500. The van der Waals surface area contributed by atoms with Crippen LogP contribution < -0.4 is 11.3 Å². The molecule has 1 aliphatic heterocycles. The van der Waals surface area contributed by atoms with Crippen LogP contribution in [0.1, 0.15) is 12.1 Å². The average Bonchev–Trinajstić information content (AvgIpc) is 2.87. The van der Waals surface area contributed by atoms with Gasteiger partial charge in [0.05, 0.1) is 5.69 Å². The third kappa shape index (κ3) is 2.08. The van der Waals surface area contributed by atoms with Crippen molar-refractivity contribution in [2.24, 2.45) is 5.73 Å². The maximum atomic E-state index is 11.7. The number of hydrogen-bond acceptors (Lipinski definition) is 6. The zero-order valence-electron chi connectivity index (χ0n) is 9.24. The SMILES string of the molecule is N[C@H]1CCN(Cc2cc(=O)n3ncsc3n2)C1. The first-order valence-corrected chi connectivity index (χ1v) is 6.41. The summed E-state index contributed by atoms with van der Waals surface area (Å²) in [6, 6.07) is 1.81. The zero-order chi connectivity index (χ0) is 11.8. The smallest absolute Gasteiger partial charge is 0.275 e. The first-order chi connectivity index (χ1) is 8.22. The topological polar surface area (TPSA) is 76.5 Å². The van der Waals surface area contributed by atoms with Crippen molar-refractivity contribution in [1.82, 2.24) is 19.5 Å². The fourth-order valence-electron chi connectivity index (χ4n) is 2.12. The number of rotatable bonds is 2. The van der Waals surface area contributed by atoms with Crippen LogP contribution in [-0.2, 0) is 6.54 Å². The summed E-state index contributed by atoms with van der Waals surface area (Å²) in [6.07, 6.45) is 1.02. The number of aromatic nitrogens is 3. The second-order valence-electron chi connectivity index (χ2n) is 4.30. The Balaban J connectivity index is 1.88. The van der Waals surface area contributed by atoms with Crippen molar-refractivity contribution < 1.29 is 0 Å². The molecule has 90 valence electrons. The quantitative estimate of drug-likeness (QED) is 0.792. The van der Waals surface area contributed by atoms with Gasteiger partial charge in [-0.3, -0.25) is 9.69 Å². The standard InChI is InChI=1S/C10H13N5OS/c11-7-1-2-14(4-7)5-8-3-9(16)15-10(13-8)17-6-12-15/h3,6-7H,1-2,4-5,11H2/t7-/m0/s1. The highest BCUT2D eigenvalue weighted by Crippen LogP contribution is 2.11. The summed E-state index contributed by atoms with van der Waals surface area (Å²) in [7, 11) is 0. The third-order valence-corrected chi connectivity index (χ3v) is 3.61. The first-order valence-electron chi connectivity index (χ1n) is 5.53. The number of nitrogens with two attached hydrogens (primary N) is 1. The fourth-order valence-corrected chi connectivity index (χ4v) is 2.76. The van der Waals surface area contributed by atoms with Gasteiger partial charge < -0.3 is 5.73 Å². The van der Waals surface area contributed by atoms with E-state index >= 15 is 0 Å². The molecule has 0 saturated carbocycles. The molecule has 17 heavy (non-hydrogen) atoms. The third-order valence-electron chi connectivity index (χ3n) is 2.93. The van der Waals surface area contributed by atoms with Gasteiger partial charge in [0.15, 0.2) is 0 Å². The van der Waals surface area contributed by atoms with Crippen LogP contribution in [-0.4, -0.2) is 38.6 Å². The van der Waals surface area contributed by atoms with E-state index in [2.05, 4.69) is 15.0 Å². The maximum Gasteiger partial charge on any atom is 0.275 e. The van der Waals surface area contributed by atoms with Crippen molar-refractivity contribution in [3.8, 4) is 0 Å². The molecule has 7 heteroatoms. The van der Waals surface area contributed by atoms with Crippen LogP contribution in [0.3, 0.4) is 0 Å². The first kappa shape index (κ1) is 10.8. The molecular formula is C10H13N5OS. The summed E-state index contributed by atoms with van der Waals surface area (Å²) >= 11 is 1.37. The van der Waals surface area contributed by atoms with E-state index in [1.54, 1.807) is 11.6 Å². The van der Waals surface area contributed by atoms with Crippen LogP contribution in [0.15, 0.2) is 16.4 Å². The Morgan fingerprint density at radius 3 is 3.24 bits per heavy atom. The van der Waals surface area contributed by atoms with Crippen LogP contribution in [0.25, 0.3) is 4.96 Å². The summed E-state index contributed by atoms with van der Waals surface area (Å²) in [4.78, 5) is 19.0. The monoisotopic (exact) mass is 251 g/mol. The largest absolute Gasteiger partial charge is 0.326 e. The lowest BCUT2D eigenvalue weighted by molar-refractivity contribution is 0.323. The molecule has 0 unspecified atom stereocenters. The molecule has 1 saturated heterocycles. The molecule has 0 bridgehead atoms. The van der Waals surface area contributed by atoms with E-state index in [4.69, 9.17) is 5.73 Å². The molecule has 1 atom stereocenters. The predicted molar refractivity (Wildman–Crippen MR) is 65.0 cm³/mol. The maximum absolute atomic E-state index is 11.7. The van der Waals surface area contributed by atoms with E-state index in [9.17, 15) is 4.79 Å². The Kier molecular flexibility index (Phi) is 2.65. The molecule has 3 heterocycles. The molecule has 0 amide bonds. The lowest BCUT2D eigenvalue weighted by Gasteiger charge is -2.13. The molecule has 2 N–H and O–H groups in total. The number of fused-ring (bicyclic) bond motifs is 1. The number of likely N-dealkylation sites (tertiary alicyclic amines) is 1. The summed E-state index contributed by atoms with van der Waals surface area (Å²) < 4.78 is 1.32. The van der Waals surface area contributed by atoms with Gasteiger partial charge >= 0.3 is 0 Å². The number of hydrogen-bond donors (Lipinski definition) is 1. The second kappa shape index (κ2) is 4.17. The predicted octanol–water partition coefficient (Wildman–Crippen LogP) is -0.316. The van der Waals surface area contributed by atoms with Crippen molar-refractivity contribution in [2.45, 2.75) is 19.0 Å². The van der Waals surface area contributed by atoms with E-state index < -0.39 is 0 Å². The Bertz CT molecular complexity index is 592. The minimum Gasteiger partial charge on any atom is -0.326 e. The molecular weight excluding hydrogens is 238 g/mol. The highest BCUT2D eigenvalue weighted by molar-refractivity contribution is 7.14. The van der Waals surface area contributed by atoms with Gasteiger partial charge in [-0.2, -0.15) is 9.61 Å². The Labute approximate surface area is 102 Å². The summed E-state index contributed by atoms with van der Waals surface area (Å²) in [6.45, 7) is 2.55. The molecule has 0 spiro atoms. The number of nitrogens with zero attached hydrogens (tertiary/aromatic N) is 4.